The number of piperidine rings is 1. The third kappa shape index (κ3) is 2.58. The average Bonchev–Trinajstić information content (AvgIpc) is 2.90. The van der Waals surface area contributed by atoms with Gasteiger partial charge in [0.25, 0.3) is 5.91 Å². The SMILES string of the molecule is CC(N)C1CCN(C(=O)c2cc3ccccc3s2)CC1. The first-order valence-corrected chi connectivity index (χ1v) is 8.00. The molecule has 106 valence electrons. The van der Waals surface area contributed by atoms with Crippen molar-refractivity contribution in [1.29, 1.82) is 0 Å². The Morgan fingerprint density at radius 3 is 2.70 bits per heavy atom. The van der Waals surface area contributed by atoms with Crippen LogP contribution in [0.25, 0.3) is 10.1 Å². The molecule has 1 fully saturated rings. The normalized spacial score (nSPS) is 18.4. The number of carbonyl (C=O) groups excluding carboxylic acids is 1. The molecule has 1 atom stereocenters. The fraction of sp³-hybridized carbons (Fsp3) is 0.438. The topological polar surface area (TPSA) is 46.3 Å². The minimum atomic E-state index is 0.175. The van der Waals surface area contributed by atoms with Crippen LogP contribution in [0.3, 0.4) is 0 Å². The molecule has 1 aliphatic heterocycles. The van der Waals surface area contributed by atoms with Gasteiger partial charge in [0.2, 0.25) is 0 Å². The maximum absolute atomic E-state index is 12.6. The van der Waals surface area contributed by atoms with Gasteiger partial charge in [0.1, 0.15) is 0 Å². The maximum atomic E-state index is 12.6. The second-order valence-corrected chi connectivity index (χ2v) is 6.72. The molecule has 2 heterocycles. The molecule has 1 aliphatic rings. The van der Waals surface area contributed by atoms with Gasteiger partial charge in [-0.15, -0.1) is 11.3 Å². The lowest BCUT2D eigenvalue weighted by Gasteiger charge is -2.33. The van der Waals surface area contributed by atoms with Crippen LogP contribution in [0.4, 0.5) is 0 Å². The molecule has 1 saturated heterocycles. The van der Waals surface area contributed by atoms with E-state index in [9.17, 15) is 4.79 Å². The number of rotatable bonds is 2. The summed E-state index contributed by atoms with van der Waals surface area (Å²) in [5, 5.41) is 1.16. The fourth-order valence-corrected chi connectivity index (χ4v) is 3.90. The summed E-state index contributed by atoms with van der Waals surface area (Å²) in [5.41, 5.74) is 5.95. The number of nitrogens with two attached hydrogens (primary N) is 1. The summed E-state index contributed by atoms with van der Waals surface area (Å²) in [6.07, 6.45) is 2.04. The molecule has 1 aromatic carbocycles. The first kappa shape index (κ1) is 13.6. The molecule has 0 radical (unpaired) electrons. The van der Waals surface area contributed by atoms with E-state index in [1.54, 1.807) is 11.3 Å². The molecule has 3 nitrogen and oxygen atoms in total. The molecule has 3 rings (SSSR count). The third-order valence-corrected chi connectivity index (χ3v) is 5.31. The van der Waals surface area contributed by atoms with Crippen LogP contribution >= 0.6 is 11.3 Å². The van der Waals surface area contributed by atoms with E-state index in [0.29, 0.717) is 5.92 Å². The minimum Gasteiger partial charge on any atom is -0.338 e. The predicted octanol–water partition coefficient (Wildman–Crippen LogP) is 3.10. The van der Waals surface area contributed by atoms with Crippen LogP contribution in [-0.2, 0) is 0 Å². The summed E-state index contributed by atoms with van der Waals surface area (Å²) in [5.74, 6) is 0.732. The Hall–Kier alpha value is -1.39. The smallest absolute Gasteiger partial charge is 0.263 e. The van der Waals surface area contributed by atoms with Crippen molar-refractivity contribution >= 4 is 27.3 Å². The van der Waals surface area contributed by atoms with Crippen molar-refractivity contribution in [2.75, 3.05) is 13.1 Å². The summed E-state index contributed by atoms with van der Waals surface area (Å²) >= 11 is 1.59. The number of hydrogen-bond acceptors (Lipinski definition) is 3. The molecule has 1 unspecified atom stereocenters. The summed E-state index contributed by atoms with van der Waals surface area (Å²) in [6, 6.07) is 10.4. The predicted molar refractivity (Wildman–Crippen MR) is 84.1 cm³/mol. The lowest BCUT2D eigenvalue weighted by molar-refractivity contribution is 0.0686. The van der Waals surface area contributed by atoms with E-state index in [1.807, 2.05) is 23.1 Å². The van der Waals surface area contributed by atoms with Crippen molar-refractivity contribution in [3.8, 4) is 0 Å². The van der Waals surface area contributed by atoms with E-state index in [1.165, 1.54) is 4.70 Å². The number of carbonyl (C=O) groups is 1. The highest BCUT2D eigenvalue weighted by atomic mass is 32.1. The quantitative estimate of drug-likeness (QED) is 0.923. The van der Waals surface area contributed by atoms with Crippen molar-refractivity contribution in [2.45, 2.75) is 25.8 Å². The molecule has 1 amide bonds. The number of fused-ring (bicyclic) bond motifs is 1. The van der Waals surface area contributed by atoms with Crippen LogP contribution < -0.4 is 5.73 Å². The van der Waals surface area contributed by atoms with Crippen LogP contribution in [0.2, 0.25) is 0 Å². The number of amides is 1. The zero-order valence-electron chi connectivity index (χ0n) is 11.7. The van der Waals surface area contributed by atoms with Gasteiger partial charge in [-0.3, -0.25) is 4.79 Å². The molecule has 2 N–H and O–H groups in total. The maximum Gasteiger partial charge on any atom is 0.263 e. The van der Waals surface area contributed by atoms with Crippen LogP contribution in [0.1, 0.15) is 29.4 Å². The Kier molecular flexibility index (Phi) is 3.76. The molecular weight excluding hydrogens is 268 g/mol. The minimum absolute atomic E-state index is 0.175. The van der Waals surface area contributed by atoms with Gasteiger partial charge in [0.05, 0.1) is 4.88 Å². The first-order chi connectivity index (χ1) is 9.65. The van der Waals surface area contributed by atoms with Gasteiger partial charge in [0.15, 0.2) is 0 Å². The van der Waals surface area contributed by atoms with Crippen molar-refractivity contribution < 1.29 is 4.79 Å². The fourth-order valence-electron chi connectivity index (χ4n) is 2.87. The number of likely N-dealkylation sites (tertiary alicyclic amines) is 1. The van der Waals surface area contributed by atoms with Crippen molar-refractivity contribution in [2.24, 2.45) is 11.7 Å². The largest absolute Gasteiger partial charge is 0.338 e. The monoisotopic (exact) mass is 288 g/mol. The molecule has 1 aromatic heterocycles. The molecule has 0 saturated carbocycles. The number of benzene rings is 1. The van der Waals surface area contributed by atoms with Crippen molar-refractivity contribution in [1.82, 2.24) is 4.90 Å². The standard InChI is InChI=1S/C16H20N2OS/c1-11(17)12-6-8-18(9-7-12)16(19)15-10-13-4-2-3-5-14(13)20-15/h2-5,10-12H,6-9,17H2,1H3. The summed E-state index contributed by atoms with van der Waals surface area (Å²) in [6.45, 7) is 3.73. The van der Waals surface area contributed by atoms with Gasteiger partial charge >= 0.3 is 0 Å². The number of thiophene rings is 1. The Balaban J connectivity index is 1.73. The van der Waals surface area contributed by atoms with Crippen LogP contribution in [0, 0.1) is 5.92 Å². The molecule has 0 bridgehead atoms. The van der Waals surface area contributed by atoms with Gasteiger partial charge in [-0.05, 0) is 43.2 Å². The van der Waals surface area contributed by atoms with Crippen LogP contribution in [0.15, 0.2) is 30.3 Å². The molecule has 4 heteroatoms. The summed E-state index contributed by atoms with van der Waals surface area (Å²) in [7, 11) is 0. The highest BCUT2D eigenvalue weighted by molar-refractivity contribution is 7.20. The van der Waals surface area contributed by atoms with Gasteiger partial charge in [-0.2, -0.15) is 0 Å². The number of nitrogens with zero attached hydrogens (tertiary/aromatic N) is 1. The van der Waals surface area contributed by atoms with E-state index in [-0.39, 0.29) is 11.9 Å². The van der Waals surface area contributed by atoms with Crippen molar-refractivity contribution in [3.63, 3.8) is 0 Å². The lowest BCUT2D eigenvalue weighted by atomic mass is 9.91. The second-order valence-electron chi connectivity index (χ2n) is 5.64. The van der Waals surface area contributed by atoms with Gasteiger partial charge in [0, 0.05) is 23.8 Å². The van der Waals surface area contributed by atoms with Crippen LogP contribution in [-0.4, -0.2) is 29.9 Å². The van der Waals surface area contributed by atoms with E-state index < -0.39 is 0 Å². The van der Waals surface area contributed by atoms with E-state index in [4.69, 9.17) is 5.73 Å². The van der Waals surface area contributed by atoms with Gasteiger partial charge in [-0.25, -0.2) is 0 Å². The average molecular weight is 288 g/mol. The van der Waals surface area contributed by atoms with Gasteiger partial charge < -0.3 is 10.6 Å². The van der Waals surface area contributed by atoms with Crippen LogP contribution in [0.5, 0.6) is 0 Å². The summed E-state index contributed by atoms with van der Waals surface area (Å²) < 4.78 is 1.18. The zero-order valence-corrected chi connectivity index (χ0v) is 12.5. The molecule has 20 heavy (non-hydrogen) atoms. The Bertz CT molecular complexity index is 579. The molecule has 0 spiro atoms. The van der Waals surface area contributed by atoms with E-state index in [2.05, 4.69) is 19.1 Å². The lowest BCUT2D eigenvalue weighted by Crippen LogP contribution is -2.42. The van der Waals surface area contributed by atoms with Gasteiger partial charge in [-0.1, -0.05) is 18.2 Å². The van der Waals surface area contributed by atoms with E-state index in [0.717, 1.165) is 36.2 Å². The van der Waals surface area contributed by atoms with Crippen molar-refractivity contribution in [3.05, 3.63) is 35.2 Å². The van der Waals surface area contributed by atoms with E-state index >= 15 is 0 Å². The second kappa shape index (κ2) is 5.54. The molecular formula is C16H20N2OS. The summed E-state index contributed by atoms with van der Waals surface area (Å²) in [4.78, 5) is 15.4. The highest BCUT2D eigenvalue weighted by Gasteiger charge is 2.26. The third-order valence-electron chi connectivity index (χ3n) is 4.21. The Morgan fingerprint density at radius 1 is 1.35 bits per heavy atom. The molecule has 0 aliphatic carbocycles. The highest BCUT2D eigenvalue weighted by Crippen LogP contribution is 2.28. The Labute approximate surface area is 123 Å². The zero-order chi connectivity index (χ0) is 14.1. The number of hydrogen-bond donors (Lipinski definition) is 1. The molecule has 2 aromatic rings. The Morgan fingerprint density at radius 2 is 2.05 bits per heavy atom. The first-order valence-electron chi connectivity index (χ1n) is 7.18.